The Balaban J connectivity index is 1.85. The molecule has 1 aromatic heterocycles. The summed E-state index contributed by atoms with van der Waals surface area (Å²) in [6, 6.07) is 8.49. The number of halogens is 3. The van der Waals surface area contributed by atoms with Gasteiger partial charge in [0.1, 0.15) is 5.76 Å². The third kappa shape index (κ3) is 3.57. The van der Waals surface area contributed by atoms with Crippen molar-refractivity contribution in [2.45, 2.75) is 0 Å². The van der Waals surface area contributed by atoms with E-state index in [0.717, 1.165) is 0 Å². The van der Waals surface area contributed by atoms with Crippen molar-refractivity contribution in [3.63, 3.8) is 0 Å². The van der Waals surface area contributed by atoms with Crippen LogP contribution in [0, 0.1) is 0 Å². The van der Waals surface area contributed by atoms with E-state index in [9.17, 15) is 4.79 Å². The SMILES string of the molecule is O=C1NC(=Nc2ccc(Cl)cc2Cl)SC1=Cc1ccc(Br)o1. The van der Waals surface area contributed by atoms with Crippen LogP contribution in [-0.4, -0.2) is 11.1 Å². The predicted octanol–water partition coefficient (Wildman–Crippen LogP) is 5.24. The number of thioether (sulfide) groups is 1. The van der Waals surface area contributed by atoms with Gasteiger partial charge >= 0.3 is 0 Å². The highest BCUT2D eigenvalue weighted by Gasteiger charge is 2.24. The number of hydrogen-bond donors (Lipinski definition) is 1. The van der Waals surface area contributed by atoms with Crippen LogP contribution in [0.4, 0.5) is 5.69 Å². The standard InChI is InChI=1S/C14H7BrCl2N2O2S/c15-12-4-2-8(21-12)6-11-13(20)19-14(22-11)18-10-3-1-7(16)5-9(10)17/h1-6H,(H,18,19,20). The van der Waals surface area contributed by atoms with Crippen molar-refractivity contribution in [1.29, 1.82) is 0 Å². The summed E-state index contributed by atoms with van der Waals surface area (Å²) in [7, 11) is 0. The van der Waals surface area contributed by atoms with Gasteiger partial charge < -0.3 is 9.73 Å². The van der Waals surface area contributed by atoms with E-state index in [2.05, 4.69) is 26.2 Å². The third-order valence-corrected chi connectivity index (χ3v) is 4.52. The molecule has 0 unspecified atom stereocenters. The summed E-state index contributed by atoms with van der Waals surface area (Å²) in [5, 5.41) is 4.08. The van der Waals surface area contributed by atoms with E-state index >= 15 is 0 Å². The number of nitrogens with one attached hydrogen (secondary N) is 1. The topological polar surface area (TPSA) is 54.6 Å². The summed E-state index contributed by atoms with van der Waals surface area (Å²) in [6.45, 7) is 0. The molecule has 4 nitrogen and oxygen atoms in total. The van der Waals surface area contributed by atoms with Crippen molar-refractivity contribution in [1.82, 2.24) is 5.32 Å². The molecule has 22 heavy (non-hydrogen) atoms. The molecular weight excluding hydrogens is 411 g/mol. The third-order valence-electron chi connectivity index (χ3n) is 2.65. The van der Waals surface area contributed by atoms with Gasteiger partial charge in [0, 0.05) is 11.1 Å². The Hall–Kier alpha value is -1.21. The summed E-state index contributed by atoms with van der Waals surface area (Å²) < 4.78 is 5.95. The van der Waals surface area contributed by atoms with E-state index in [-0.39, 0.29) is 5.91 Å². The minimum absolute atomic E-state index is 0.235. The maximum absolute atomic E-state index is 11.9. The monoisotopic (exact) mass is 416 g/mol. The highest BCUT2D eigenvalue weighted by atomic mass is 79.9. The van der Waals surface area contributed by atoms with Gasteiger partial charge in [-0.2, -0.15) is 0 Å². The molecule has 3 rings (SSSR count). The van der Waals surface area contributed by atoms with Crippen LogP contribution in [0.15, 0.2) is 49.3 Å². The van der Waals surface area contributed by atoms with Gasteiger partial charge in [-0.3, -0.25) is 4.79 Å². The maximum Gasteiger partial charge on any atom is 0.264 e. The van der Waals surface area contributed by atoms with Crippen molar-refractivity contribution >= 4 is 73.7 Å². The van der Waals surface area contributed by atoms with Gasteiger partial charge in [0.2, 0.25) is 0 Å². The number of nitrogens with zero attached hydrogens (tertiary/aromatic N) is 1. The summed E-state index contributed by atoms with van der Waals surface area (Å²) in [5.41, 5.74) is 0.538. The molecule has 2 heterocycles. The largest absolute Gasteiger partial charge is 0.450 e. The lowest BCUT2D eigenvalue weighted by molar-refractivity contribution is -0.115. The second kappa shape index (κ2) is 6.50. The van der Waals surface area contributed by atoms with Crippen molar-refractivity contribution in [3.8, 4) is 0 Å². The van der Waals surface area contributed by atoms with Crippen LogP contribution in [0.3, 0.4) is 0 Å². The molecule has 0 saturated carbocycles. The van der Waals surface area contributed by atoms with Gasteiger partial charge in [-0.1, -0.05) is 23.2 Å². The van der Waals surface area contributed by atoms with Crippen LogP contribution in [-0.2, 0) is 4.79 Å². The van der Waals surface area contributed by atoms with Gasteiger partial charge in [-0.05, 0) is 58.0 Å². The smallest absolute Gasteiger partial charge is 0.264 e. The van der Waals surface area contributed by atoms with E-state index in [4.69, 9.17) is 27.6 Å². The molecule has 0 atom stereocenters. The zero-order valence-corrected chi connectivity index (χ0v) is 14.7. The minimum Gasteiger partial charge on any atom is -0.450 e. The molecule has 8 heteroatoms. The van der Waals surface area contributed by atoms with Crippen LogP contribution in [0.5, 0.6) is 0 Å². The number of rotatable bonds is 2. The van der Waals surface area contributed by atoms with Gasteiger partial charge in [-0.25, -0.2) is 4.99 Å². The van der Waals surface area contributed by atoms with Gasteiger partial charge in [0.05, 0.1) is 15.6 Å². The fraction of sp³-hybridized carbons (Fsp3) is 0. The number of furan rings is 1. The fourth-order valence-corrected chi connectivity index (χ4v) is 3.28. The first-order valence-electron chi connectivity index (χ1n) is 6.01. The molecule has 2 aromatic rings. The molecule has 0 bridgehead atoms. The van der Waals surface area contributed by atoms with Gasteiger partial charge in [0.15, 0.2) is 9.84 Å². The quantitative estimate of drug-likeness (QED) is 0.679. The van der Waals surface area contributed by atoms with E-state index < -0.39 is 0 Å². The molecule has 1 amide bonds. The average Bonchev–Trinajstić information content (AvgIpc) is 3.00. The molecule has 0 radical (unpaired) electrons. The van der Waals surface area contributed by atoms with Crippen molar-refractivity contribution in [2.75, 3.05) is 0 Å². The summed E-state index contributed by atoms with van der Waals surface area (Å²) in [4.78, 5) is 16.8. The maximum atomic E-state index is 11.9. The van der Waals surface area contributed by atoms with E-state index in [1.54, 1.807) is 36.4 Å². The van der Waals surface area contributed by atoms with Crippen LogP contribution in [0.2, 0.25) is 10.0 Å². The van der Waals surface area contributed by atoms with Crippen LogP contribution < -0.4 is 5.32 Å². The van der Waals surface area contributed by atoms with E-state index in [1.807, 2.05) is 0 Å². The number of benzene rings is 1. The first-order chi connectivity index (χ1) is 10.5. The average molecular weight is 418 g/mol. The fourth-order valence-electron chi connectivity index (χ4n) is 1.70. The summed E-state index contributed by atoms with van der Waals surface area (Å²) in [6.07, 6.45) is 1.65. The molecule has 112 valence electrons. The van der Waals surface area contributed by atoms with Crippen LogP contribution >= 0.6 is 50.9 Å². The van der Waals surface area contributed by atoms with Crippen molar-refractivity contribution in [2.24, 2.45) is 4.99 Å². The van der Waals surface area contributed by atoms with Crippen LogP contribution in [0.25, 0.3) is 6.08 Å². The molecule has 1 aliphatic rings. The molecular formula is C14H7BrCl2N2O2S. The number of amidine groups is 1. The number of amides is 1. The predicted molar refractivity (Wildman–Crippen MR) is 93.7 cm³/mol. The molecule has 1 fully saturated rings. The lowest BCUT2D eigenvalue weighted by atomic mass is 10.3. The Morgan fingerprint density at radius 3 is 2.77 bits per heavy atom. The zero-order chi connectivity index (χ0) is 15.7. The Kier molecular flexibility index (Phi) is 4.63. The highest BCUT2D eigenvalue weighted by Crippen LogP contribution is 2.32. The van der Waals surface area contributed by atoms with E-state index in [1.165, 1.54) is 11.8 Å². The highest BCUT2D eigenvalue weighted by molar-refractivity contribution is 9.10. The Morgan fingerprint density at radius 2 is 2.09 bits per heavy atom. The van der Waals surface area contributed by atoms with Gasteiger partial charge in [0.25, 0.3) is 5.91 Å². The molecule has 1 N–H and O–H groups in total. The number of hydrogen-bond acceptors (Lipinski definition) is 4. The lowest BCUT2D eigenvalue weighted by Gasteiger charge is -1.99. The van der Waals surface area contributed by atoms with Crippen molar-refractivity contribution in [3.05, 3.63) is 55.7 Å². The van der Waals surface area contributed by atoms with E-state index in [0.29, 0.717) is 36.2 Å². The Labute approximate surface area is 148 Å². The number of aliphatic imine (C=N–C) groups is 1. The molecule has 0 spiro atoms. The Bertz CT molecular complexity index is 817. The first-order valence-corrected chi connectivity index (χ1v) is 8.38. The Morgan fingerprint density at radius 1 is 1.27 bits per heavy atom. The van der Waals surface area contributed by atoms with Gasteiger partial charge in [-0.15, -0.1) is 0 Å². The second-order valence-electron chi connectivity index (χ2n) is 4.22. The lowest BCUT2D eigenvalue weighted by Crippen LogP contribution is -2.19. The summed E-state index contributed by atoms with van der Waals surface area (Å²) >= 11 is 16.3. The number of carbonyl (C=O) groups is 1. The molecule has 1 saturated heterocycles. The number of carbonyl (C=O) groups excluding carboxylic acids is 1. The molecule has 1 aliphatic heterocycles. The second-order valence-corrected chi connectivity index (χ2v) is 6.88. The zero-order valence-electron chi connectivity index (χ0n) is 10.8. The molecule has 1 aromatic carbocycles. The van der Waals surface area contributed by atoms with Crippen molar-refractivity contribution < 1.29 is 9.21 Å². The normalized spacial score (nSPS) is 18.2. The summed E-state index contributed by atoms with van der Waals surface area (Å²) in [5.74, 6) is 0.344. The minimum atomic E-state index is -0.235. The van der Waals surface area contributed by atoms with Crippen LogP contribution in [0.1, 0.15) is 5.76 Å². The first kappa shape index (κ1) is 15.7. The molecule has 0 aliphatic carbocycles.